The predicted molar refractivity (Wildman–Crippen MR) is 173 cm³/mol. The largest absolute Gasteiger partial charge is 0.467 e. The number of carbonyl (C=O) groups is 1. The molecule has 0 fully saturated rings. The molecule has 0 aliphatic rings. The molecule has 0 saturated carbocycles. The monoisotopic (exact) mass is 576 g/mol. The van der Waals surface area contributed by atoms with Gasteiger partial charge in [0.25, 0.3) is 5.56 Å². The van der Waals surface area contributed by atoms with Crippen LogP contribution in [0.4, 0.5) is 10.5 Å². The third-order valence-corrected chi connectivity index (χ3v) is 8.01. The molecule has 43 heavy (non-hydrogen) atoms. The quantitative estimate of drug-likeness (QED) is 0.200. The highest BCUT2D eigenvalue weighted by molar-refractivity contribution is 5.92. The van der Waals surface area contributed by atoms with E-state index in [0.29, 0.717) is 22.5 Å². The number of furan rings is 1. The zero-order chi connectivity index (χ0) is 30.8. The van der Waals surface area contributed by atoms with Crippen LogP contribution in [0.5, 0.6) is 0 Å². The fraction of sp³-hybridized carbons (Fsp3) is 0.306. The van der Waals surface area contributed by atoms with Gasteiger partial charge in [0, 0.05) is 5.69 Å². The van der Waals surface area contributed by atoms with E-state index >= 15 is 0 Å². The minimum Gasteiger partial charge on any atom is -0.467 e. The maximum Gasteiger partial charge on any atom is 0.322 e. The molecule has 1 atom stereocenters. The van der Waals surface area contributed by atoms with Crippen molar-refractivity contribution in [2.24, 2.45) is 0 Å². The second kappa shape index (κ2) is 12.3. The van der Waals surface area contributed by atoms with E-state index in [1.807, 2.05) is 63.2 Å². The van der Waals surface area contributed by atoms with E-state index in [2.05, 4.69) is 51.2 Å². The van der Waals surface area contributed by atoms with Crippen molar-refractivity contribution < 1.29 is 9.21 Å². The average molecular weight is 577 g/mol. The van der Waals surface area contributed by atoms with Gasteiger partial charge in [-0.3, -0.25) is 9.36 Å². The van der Waals surface area contributed by atoms with Crippen LogP contribution in [-0.4, -0.2) is 20.5 Å². The normalized spacial score (nSPS) is 12.2. The highest BCUT2D eigenvalue weighted by atomic mass is 16.3. The fourth-order valence-electron chi connectivity index (χ4n) is 5.69. The number of aryl methyl sites for hydroxylation is 2. The van der Waals surface area contributed by atoms with Gasteiger partial charge in [-0.05, 0) is 79.6 Å². The van der Waals surface area contributed by atoms with E-state index in [1.165, 1.54) is 0 Å². The van der Waals surface area contributed by atoms with Crippen LogP contribution in [0.2, 0.25) is 0 Å². The number of aromatic nitrogens is 2. The summed E-state index contributed by atoms with van der Waals surface area (Å²) in [6.07, 6.45) is 1.60. The van der Waals surface area contributed by atoms with Crippen LogP contribution in [0.1, 0.15) is 86.3 Å². The average Bonchev–Trinajstić information content (AvgIpc) is 3.49. The van der Waals surface area contributed by atoms with Crippen molar-refractivity contribution >= 4 is 22.6 Å². The molecule has 2 heterocycles. The molecule has 2 amide bonds. The Balaban J connectivity index is 1.68. The number of hydrogen-bond donors (Lipinski definition) is 1. The molecule has 1 N–H and O–H groups in total. The number of rotatable bonds is 8. The van der Waals surface area contributed by atoms with Crippen molar-refractivity contribution in [3.63, 3.8) is 0 Å². The van der Waals surface area contributed by atoms with Crippen LogP contribution in [0.3, 0.4) is 0 Å². The Labute approximate surface area is 253 Å². The molecule has 0 aliphatic carbocycles. The first-order chi connectivity index (χ1) is 20.6. The lowest BCUT2D eigenvalue weighted by Crippen LogP contribution is -2.40. The molecule has 5 aromatic rings. The lowest BCUT2D eigenvalue weighted by atomic mass is 9.92. The van der Waals surface area contributed by atoms with Crippen molar-refractivity contribution in [2.75, 3.05) is 5.32 Å². The van der Waals surface area contributed by atoms with Crippen molar-refractivity contribution in [3.05, 3.63) is 123 Å². The van der Waals surface area contributed by atoms with E-state index in [-0.39, 0.29) is 30.0 Å². The van der Waals surface area contributed by atoms with Crippen LogP contribution >= 0.6 is 0 Å². The topological polar surface area (TPSA) is 80.4 Å². The number of urea groups is 1. The van der Waals surface area contributed by atoms with Gasteiger partial charge in [-0.1, -0.05) is 75.7 Å². The number of nitrogens with zero attached hydrogens (tertiary/aromatic N) is 3. The molecule has 222 valence electrons. The first-order valence-corrected chi connectivity index (χ1v) is 14.9. The summed E-state index contributed by atoms with van der Waals surface area (Å²) in [5.41, 5.74) is 6.16. The molecule has 0 radical (unpaired) electrons. The van der Waals surface area contributed by atoms with Gasteiger partial charge in [-0.15, -0.1) is 0 Å². The number of para-hydroxylation sites is 2. The van der Waals surface area contributed by atoms with Gasteiger partial charge in [0.15, 0.2) is 0 Å². The van der Waals surface area contributed by atoms with Gasteiger partial charge in [0.1, 0.15) is 11.6 Å². The smallest absolute Gasteiger partial charge is 0.322 e. The summed E-state index contributed by atoms with van der Waals surface area (Å²) >= 11 is 0. The van der Waals surface area contributed by atoms with Crippen molar-refractivity contribution in [3.8, 4) is 5.69 Å². The number of carbonyl (C=O) groups excluding carboxylic acids is 1. The zero-order valence-electron chi connectivity index (χ0n) is 26.0. The van der Waals surface area contributed by atoms with Gasteiger partial charge in [-0.25, -0.2) is 9.78 Å². The Kier molecular flexibility index (Phi) is 8.53. The van der Waals surface area contributed by atoms with Crippen molar-refractivity contribution in [1.82, 2.24) is 14.5 Å². The minimum absolute atomic E-state index is 0.176. The number of fused-ring (bicyclic) bond motifs is 1. The molecular formula is C36H40N4O3. The second-order valence-corrected chi connectivity index (χ2v) is 11.9. The molecule has 0 spiro atoms. The zero-order valence-corrected chi connectivity index (χ0v) is 26.0. The van der Waals surface area contributed by atoms with Crippen LogP contribution in [0.15, 0.2) is 88.3 Å². The number of anilines is 1. The molecule has 3 aromatic carbocycles. The summed E-state index contributed by atoms with van der Waals surface area (Å²) in [4.78, 5) is 35.2. The van der Waals surface area contributed by atoms with Gasteiger partial charge in [0.05, 0.1) is 35.4 Å². The number of nitrogens with one attached hydrogen (secondary N) is 1. The number of hydrogen-bond acceptors (Lipinski definition) is 4. The molecule has 2 aromatic heterocycles. The molecule has 0 bridgehead atoms. The Morgan fingerprint density at radius 1 is 0.907 bits per heavy atom. The van der Waals surface area contributed by atoms with Crippen LogP contribution in [-0.2, 0) is 6.54 Å². The molecule has 7 heteroatoms. The van der Waals surface area contributed by atoms with Gasteiger partial charge < -0.3 is 14.6 Å². The minimum atomic E-state index is -0.600. The third-order valence-electron chi connectivity index (χ3n) is 8.01. The summed E-state index contributed by atoms with van der Waals surface area (Å²) < 4.78 is 7.36. The Bertz CT molecular complexity index is 1790. The summed E-state index contributed by atoms with van der Waals surface area (Å²) in [5.74, 6) is 1.52. The van der Waals surface area contributed by atoms with E-state index in [0.717, 1.165) is 33.6 Å². The Morgan fingerprint density at radius 2 is 1.60 bits per heavy atom. The lowest BCUT2D eigenvalue weighted by molar-refractivity contribution is 0.179. The standard InChI is InChI=1S/C36H40N4O3/c1-22(2)28-14-10-15-29(23(3)4)33(28)38-36(42)39(21-27-12-11-19-43-27)26(7)34-37-31-16-9-8-13-30(31)35(41)40(34)32-18-17-24(5)20-25(32)6/h8-20,22-23,26H,21H2,1-7H3,(H,38,42). The summed E-state index contributed by atoms with van der Waals surface area (Å²) in [6, 6.07) is 22.3. The first kappa shape index (κ1) is 29.8. The van der Waals surface area contributed by atoms with Crippen molar-refractivity contribution in [1.29, 1.82) is 0 Å². The van der Waals surface area contributed by atoms with Crippen LogP contribution in [0.25, 0.3) is 16.6 Å². The summed E-state index contributed by atoms with van der Waals surface area (Å²) in [7, 11) is 0. The van der Waals surface area contributed by atoms with Gasteiger partial charge in [0.2, 0.25) is 0 Å². The third kappa shape index (κ3) is 5.98. The molecule has 0 saturated heterocycles. The number of benzene rings is 3. The fourth-order valence-corrected chi connectivity index (χ4v) is 5.69. The van der Waals surface area contributed by atoms with Gasteiger partial charge >= 0.3 is 6.03 Å². The number of amides is 2. The maximum absolute atomic E-state index is 14.4. The second-order valence-electron chi connectivity index (χ2n) is 11.9. The molecule has 1 unspecified atom stereocenters. The maximum atomic E-state index is 14.4. The van der Waals surface area contributed by atoms with E-state index in [1.54, 1.807) is 27.9 Å². The summed E-state index contributed by atoms with van der Waals surface area (Å²) in [6.45, 7) is 14.6. The van der Waals surface area contributed by atoms with E-state index in [4.69, 9.17) is 9.40 Å². The lowest BCUT2D eigenvalue weighted by Gasteiger charge is -2.31. The molecule has 5 rings (SSSR count). The molecule has 0 aliphatic heterocycles. The molecular weight excluding hydrogens is 536 g/mol. The highest BCUT2D eigenvalue weighted by Crippen LogP contribution is 2.34. The van der Waals surface area contributed by atoms with Crippen LogP contribution in [0, 0.1) is 13.8 Å². The summed E-state index contributed by atoms with van der Waals surface area (Å²) in [5, 5.41) is 3.79. The van der Waals surface area contributed by atoms with E-state index < -0.39 is 6.04 Å². The SMILES string of the molecule is Cc1ccc(-n2c(C(C)N(Cc3ccco3)C(=O)Nc3c(C(C)C)cccc3C(C)C)nc3ccccc3c2=O)c(C)c1. The Hall–Kier alpha value is -4.65. The Morgan fingerprint density at radius 3 is 2.23 bits per heavy atom. The van der Waals surface area contributed by atoms with E-state index in [9.17, 15) is 9.59 Å². The van der Waals surface area contributed by atoms with Gasteiger partial charge in [-0.2, -0.15) is 0 Å². The highest BCUT2D eigenvalue weighted by Gasteiger charge is 2.29. The van der Waals surface area contributed by atoms with Crippen molar-refractivity contribution in [2.45, 2.75) is 72.9 Å². The first-order valence-electron chi connectivity index (χ1n) is 14.9. The van der Waals surface area contributed by atoms with Crippen LogP contribution < -0.4 is 10.9 Å². The molecule has 7 nitrogen and oxygen atoms in total. The predicted octanol–water partition coefficient (Wildman–Crippen LogP) is 8.64.